The van der Waals surface area contributed by atoms with Gasteiger partial charge in [0.15, 0.2) is 0 Å². The highest BCUT2D eigenvalue weighted by molar-refractivity contribution is 5.77. The molecule has 2 aromatic rings. The van der Waals surface area contributed by atoms with Crippen LogP contribution in [0.5, 0.6) is 0 Å². The summed E-state index contributed by atoms with van der Waals surface area (Å²) in [6.07, 6.45) is 5.15. The minimum Gasteiger partial charge on any atom is -0.386 e. The second-order valence-corrected chi connectivity index (χ2v) is 7.05. The molecule has 0 aromatic heterocycles. The summed E-state index contributed by atoms with van der Waals surface area (Å²) < 4.78 is 0. The molecule has 3 heteroatoms. The Kier molecular flexibility index (Phi) is 3.61. The van der Waals surface area contributed by atoms with Gasteiger partial charge >= 0.3 is 0 Å². The average Bonchev–Trinajstić information content (AvgIpc) is 2.75. The Bertz CT molecular complexity index is 738. The van der Waals surface area contributed by atoms with E-state index in [1.165, 1.54) is 0 Å². The van der Waals surface area contributed by atoms with Crippen LogP contribution in [0, 0.1) is 0 Å². The fourth-order valence-corrected chi connectivity index (χ4v) is 4.12. The zero-order valence-corrected chi connectivity index (χ0v) is 13.9. The molecular weight excluding hydrogens is 298 g/mol. The summed E-state index contributed by atoms with van der Waals surface area (Å²) in [6.45, 7) is 1.55. The molecule has 2 N–H and O–H groups in total. The molecule has 124 valence electrons. The van der Waals surface area contributed by atoms with Crippen LogP contribution in [0.3, 0.4) is 0 Å². The molecule has 2 aromatic carbocycles. The first-order valence-electron chi connectivity index (χ1n) is 8.55. The van der Waals surface area contributed by atoms with Crippen molar-refractivity contribution >= 4 is 12.2 Å². The predicted molar refractivity (Wildman–Crippen MR) is 96.5 cm³/mol. The van der Waals surface area contributed by atoms with Crippen molar-refractivity contribution in [1.29, 1.82) is 0 Å². The van der Waals surface area contributed by atoms with Crippen LogP contribution in [0.15, 0.2) is 48.5 Å². The van der Waals surface area contributed by atoms with E-state index in [1.807, 2.05) is 60.7 Å². The zero-order valence-electron chi connectivity index (χ0n) is 13.9. The van der Waals surface area contributed by atoms with Crippen LogP contribution >= 0.6 is 0 Å². The second kappa shape index (κ2) is 5.55. The maximum absolute atomic E-state index is 12.0. The molecule has 0 unspecified atom stereocenters. The van der Waals surface area contributed by atoms with Gasteiger partial charge in [0.25, 0.3) is 0 Å². The summed E-state index contributed by atoms with van der Waals surface area (Å²) in [5.74, 6) is 0. The number of aliphatic hydroxyl groups is 2. The van der Waals surface area contributed by atoms with Gasteiger partial charge in [0, 0.05) is 13.1 Å². The Balaban J connectivity index is 1.98. The van der Waals surface area contributed by atoms with Gasteiger partial charge in [0.1, 0.15) is 11.2 Å². The van der Waals surface area contributed by atoms with Crippen LogP contribution in [0.4, 0.5) is 0 Å². The van der Waals surface area contributed by atoms with Crippen LogP contribution in [-0.2, 0) is 5.60 Å². The van der Waals surface area contributed by atoms with Gasteiger partial charge in [-0.25, -0.2) is 0 Å². The van der Waals surface area contributed by atoms with Crippen LogP contribution < -0.4 is 0 Å². The summed E-state index contributed by atoms with van der Waals surface area (Å²) >= 11 is 0. The lowest BCUT2D eigenvalue weighted by Gasteiger charge is -2.48. The Morgan fingerprint density at radius 2 is 1.25 bits per heavy atom. The molecule has 4 rings (SSSR count). The van der Waals surface area contributed by atoms with E-state index in [1.54, 1.807) is 0 Å². The van der Waals surface area contributed by atoms with Crippen LogP contribution in [0.2, 0.25) is 0 Å². The van der Waals surface area contributed by atoms with Crippen molar-refractivity contribution in [3.05, 3.63) is 70.8 Å². The van der Waals surface area contributed by atoms with Crippen molar-refractivity contribution in [3.63, 3.8) is 0 Å². The number of rotatable bonds is 1. The molecule has 1 aliphatic carbocycles. The SMILES string of the molecule is CN1CCC(O)(C2(O)c3ccccc3C=Cc3ccccc32)CC1. The maximum Gasteiger partial charge on any atom is 0.144 e. The van der Waals surface area contributed by atoms with Crippen molar-refractivity contribution in [2.24, 2.45) is 0 Å². The fraction of sp³-hybridized carbons (Fsp3) is 0.333. The first kappa shape index (κ1) is 15.6. The van der Waals surface area contributed by atoms with Gasteiger partial charge in [-0.3, -0.25) is 0 Å². The van der Waals surface area contributed by atoms with Gasteiger partial charge in [-0.1, -0.05) is 60.7 Å². The standard InChI is InChI=1S/C21H23NO2/c1-22-14-12-20(23,13-15-22)21(24)18-8-4-2-6-16(18)10-11-17-7-3-5-9-19(17)21/h2-11,23-24H,12-15H2,1H3. The van der Waals surface area contributed by atoms with Crippen LogP contribution in [-0.4, -0.2) is 40.9 Å². The highest BCUT2D eigenvalue weighted by Crippen LogP contribution is 2.48. The van der Waals surface area contributed by atoms with Gasteiger partial charge < -0.3 is 15.1 Å². The maximum atomic E-state index is 12.0. The van der Waals surface area contributed by atoms with E-state index in [4.69, 9.17) is 0 Å². The van der Waals surface area contributed by atoms with E-state index in [0.29, 0.717) is 12.8 Å². The Labute approximate surface area is 142 Å². The van der Waals surface area contributed by atoms with E-state index in [-0.39, 0.29) is 0 Å². The number of likely N-dealkylation sites (tertiary alicyclic amines) is 1. The lowest BCUT2D eigenvalue weighted by molar-refractivity contribution is -0.157. The van der Waals surface area contributed by atoms with Gasteiger partial charge in [0.05, 0.1) is 0 Å². The molecule has 0 bridgehead atoms. The number of benzene rings is 2. The number of hydrogen-bond donors (Lipinski definition) is 2. The molecular formula is C21H23NO2. The number of fused-ring (bicyclic) bond motifs is 2. The summed E-state index contributed by atoms with van der Waals surface area (Å²) in [6, 6.07) is 15.7. The molecule has 1 fully saturated rings. The number of hydrogen-bond acceptors (Lipinski definition) is 3. The number of nitrogens with zero attached hydrogens (tertiary/aromatic N) is 1. The Morgan fingerprint density at radius 1 is 0.792 bits per heavy atom. The minimum absolute atomic E-state index is 0.544. The van der Waals surface area contributed by atoms with E-state index in [2.05, 4.69) is 11.9 Å². The smallest absolute Gasteiger partial charge is 0.144 e. The van der Waals surface area contributed by atoms with Gasteiger partial charge in [-0.2, -0.15) is 0 Å². The molecule has 1 aliphatic heterocycles. The first-order valence-corrected chi connectivity index (χ1v) is 8.55. The third-order valence-electron chi connectivity index (χ3n) is 5.63. The van der Waals surface area contributed by atoms with Crippen molar-refractivity contribution in [2.45, 2.75) is 24.0 Å². The molecule has 0 spiro atoms. The monoisotopic (exact) mass is 321 g/mol. The molecule has 1 saturated heterocycles. The van der Waals surface area contributed by atoms with Gasteiger partial charge in [0.2, 0.25) is 0 Å². The molecule has 0 amide bonds. The molecule has 1 heterocycles. The van der Waals surface area contributed by atoms with Crippen molar-refractivity contribution in [2.75, 3.05) is 20.1 Å². The largest absolute Gasteiger partial charge is 0.386 e. The summed E-state index contributed by atoms with van der Waals surface area (Å²) in [4.78, 5) is 2.20. The second-order valence-electron chi connectivity index (χ2n) is 7.05. The quantitative estimate of drug-likeness (QED) is 0.849. The minimum atomic E-state index is -1.41. The predicted octanol–water partition coefficient (Wildman–Crippen LogP) is 2.86. The average molecular weight is 321 g/mol. The third kappa shape index (κ3) is 2.16. The summed E-state index contributed by atoms with van der Waals surface area (Å²) in [5, 5.41) is 23.6. The first-order chi connectivity index (χ1) is 11.5. The Morgan fingerprint density at radius 3 is 1.75 bits per heavy atom. The number of piperidine rings is 1. The Hall–Kier alpha value is -1.94. The van der Waals surface area contributed by atoms with Gasteiger partial charge in [-0.15, -0.1) is 0 Å². The zero-order chi connectivity index (χ0) is 16.8. The van der Waals surface area contributed by atoms with Crippen LogP contribution in [0.25, 0.3) is 12.2 Å². The van der Waals surface area contributed by atoms with E-state index in [0.717, 1.165) is 35.3 Å². The molecule has 3 nitrogen and oxygen atoms in total. The third-order valence-corrected chi connectivity index (χ3v) is 5.63. The van der Waals surface area contributed by atoms with Crippen molar-refractivity contribution in [1.82, 2.24) is 4.90 Å². The van der Waals surface area contributed by atoms with E-state index in [9.17, 15) is 10.2 Å². The summed E-state index contributed by atoms with van der Waals surface area (Å²) in [5.41, 5.74) is 0.909. The van der Waals surface area contributed by atoms with E-state index < -0.39 is 11.2 Å². The normalized spacial score (nSPS) is 21.6. The lowest BCUT2D eigenvalue weighted by atomic mass is 9.67. The highest BCUT2D eigenvalue weighted by atomic mass is 16.4. The summed E-state index contributed by atoms with van der Waals surface area (Å²) in [7, 11) is 2.06. The fourth-order valence-electron chi connectivity index (χ4n) is 4.12. The molecule has 24 heavy (non-hydrogen) atoms. The topological polar surface area (TPSA) is 43.7 Å². The lowest BCUT2D eigenvalue weighted by Crippen LogP contribution is -2.58. The van der Waals surface area contributed by atoms with Crippen molar-refractivity contribution in [3.8, 4) is 0 Å². The molecule has 2 aliphatic rings. The molecule has 0 radical (unpaired) electrons. The molecule has 0 atom stereocenters. The van der Waals surface area contributed by atoms with E-state index >= 15 is 0 Å². The van der Waals surface area contributed by atoms with Crippen LogP contribution in [0.1, 0.15) is 35.1 Å². The molecule has 0 saturated carbocycles. The van der Waals surface area contributed by atoms with Gasteiger partial charge in [-0.05, 0) is 42.1 Å². The highest BCUT2D eigenvalue weighted by Gasteiger charge is 2.54. The van der Waals surface area contributed by atoms with Crippen molar-refractivity contribution < 1.29 is 10.2 Å².